The van der Waals surface area contributed by atoms with Gasteiger partial charge in [0.1, 0.15) is 23.7 Å². The molecule has 2 aliphatic rings. The average Bonchev–Trinajstić information content (AvgIpc) is 2.62. The van der Waals surface area contributed by atoms with Crippen molar-refractivity contribution in [2.24, 2.45) is 5.92 Å². The number of carbonyl (C=O) groups excluding carboxylic acids is 2. The van der Waals surface area contributed by atoms with Crippen LogP contribution in [0.3, 0.4) is 0 Å². The summed E-state index contributed by atoms with van der Waals surface area (Å²) in [5.41, 5.74) is 6.81. The van der Waals surface area contributed by atoms with Gasteiger partial charge in [-0.25, -0.2) is 4.68 Å². The minimum atomic E-state index is -0.545. The lowest BCUT2D eigenvalue weighted by molar-refractivity contribution is -0.155. The quantitative estimate of drug-likeness (QED) is 0.828. The molecule has 0 aliphatic heterocycles. The van der Waals surface area contributed by atoms with E-state index in [9.17, 15) is 9.59 Å². The van der Waals surface area contributed by atoms with Gasteiger partial charge in [0, 0.05) is 11.5 Å². The van der Waals surface area contributed by atoms with E-state index in [0.29, 0.717) is 11.5 Å². The second kappa shape index (κ2) is 4.07. The van der Waals surface area contributed by atoms with Crippen molar-refractivity contribution in [1.29, 1.82) is 0 Å². The zero-order valence-electron chi connectivity index (χ0n) is 12.0. The molecule has 6 heteroatoms. The van der Waals surface area contributed by atoms with Gasteiger partial charge in [0.15, 0.2) is 5.78 Å². The average molecular weight is 277 g/mol. The number of esters is 1. The first kappa shape index (κ1) is 13.1. The Morgan fingerprint density at radius 3 is 2.60 bits per heavy atom. The molecule has 0 bridgehead atoms. The maximum absolute atomic E-state index is 12.1. The summed E-state index contributed by atoms with van der Waals surface area (Å²) in [5, 5.41) is 4.22. The minimum Gasteiger partial charge on any atom is -0.459 e. The topological polar surface area (TPSA) is 87.2 Å². The number of carbonyl (C=O) groups is 2. The SMILES string of the molecule is CC(C)(C)OC(=O)Cn1nc2c(c1N)[C@H]1CC[C@H]1C2=O. The van der Waals surface area contributed by atoms with Gasteiger partial charge < -0.3 is 10.5 Å². The second-order valence-corrected chi connectivity index (χ2v) is 6.55. The van der Waals surface area contributed by atoms with Crippen molar-refractivity contribution in [3.63, 3.8) is 0 Å². The fraction of sp³-hybridized carbons (Fsp3) is 0.643. The highest BCUT2D eigenvalue weighted by atomic mass is 16.6. The Bertz CT molecular complexity index is 598. The molecule has 0 radical (unpaired) electrons. The summed E-state index contributed by atoms with van der Waals surface area (Å²) in [6, 6.07) is 0. The standard InChI is InChI=1S/C14H19N3O3/c1-14(2,3)20-9(18)6-17-13(15)10-7-4-5-8(7)12(19)11(10)16-17/h7-8H,4-6,15H2,1-3H3/t7-,8+/m0/s1. The van der Waals surface area contributed by atoms with Gasteiger partial charge in [-0.05, 0) is 39.5 Å². The van der Waals surface area contributed by atoms with Gasteiger partial charge in [-0.15, -0.1) is 0 Å². The van der Waals surface area contributed by atoms with Gasteiger partial charge in [0.05, 0.1) is 0 Å². The first-order valence-electron chi connectivity index (χ1n) is 6.90. The van der Waals surface area contributed by atoms with E-state index in [4.69, 9.17) is 10.5 Å². The number of aromatic nitrogens is 2. The monoisotopic (exact) mass is 277 g/mol. The van der Waals surface area contributed by atoms with E-state index in [0.717, 1.165) is 18.4 Å². The van der Waals surface area contributed by atoms with Crippen LogP contribution in [0.5, 0.6) is 0 Å². The van der Waals surface area contributed by atoms with Crippen LogP contribution in [-0.4, -0.2) is 27.1 Å². The third-order valence-corrected chi connectivity index (χ3v) is 3.94. The lowest BCUT2D eigenvalue weighted by Gasteiger charge is -2.29. The summed E-state index contributed by atoms with van der Waals surface area (Å²) < 4.78 is 6.64. The molecule has 3 rings (SSSR count). The molecule has 0 unspecified atom stereocenters. The molecule has 1 saturated carbocycles. The van der Waals surface area contributed by atoms with Crippen molar-refractivity contribution in [3.8, 4) is 0 Å². The first-order valence-corrected chi connectivity index (χ1v) is 6.90. The Morgan fingerprint density at radius 1 is 1.40 bits per heavy atom. The molecule has 108 valence electrons. The fourth-order valence-electron chi connectivity index (χ4n) is 2.99. The Balaban J connectivity index is 1.82. The summed E-state index contributed by atoms with van der Waals surface area (Å²) in [4.78, 5) is 23.9. The maximum atomic E-state index is 12.1. The van der Waals surface area contributed by atoms with Crippen molar-refractivity contribution < 1.29 is 14.3 Å². The number of hydrogen-bond acceptors (Lipinski definition) is 5. The number of hydrogen-bond donors (Lipinski definition) is 1. The lowest BCUT2D eigenvalue weighted by atomic mass is 9.74. The number of nitrogens with two attached hydrogens (primary N) is 1. The van der Waals surface area contributed by atoms with Crippen LogP contribution in [0.25, 0.3) is 0 Å². The summed E-state index contributed by atoms with van der Waals surface area (Å²) in [5.74, 6) is 0.399. The predicted molar refractivity (Wildman–Crippen MR) is 72.3 cm³/mol. The molecule has 1 aromatic heterocycles. The van der Waals surface area contributed by atoms with Crippen molar-refractivity contribution in [3.05, 3.63) is 11.3 Å². The maximum Gasteiger partial charge on any atom is 0.328 e. The van der Waals surface area contributed by atoms with Gasteiger partial charge >= 0.3 is 5.97 Å². The van der Waals surface area contributed by atoms with E-state index in [1.807, 2.05) is 0 Å². The molecule has 6 nitrogen and oxygen atoms in total. The van der Waals surface area contributed by atoms with E-state index < -0.39 is 11.6 Å². The highest BCUT2D eigenvalue weighted by Crippen LogP contribution is 2.52. The van der Waals surface area contributed by atoms with Crippen molar-refractivity contribution in [2.45, 2.75) is 51.7 Å². The molecule has 0 spiro atoms. The molecule has 2 aliphatic carbocycles. The molecular weight excluding hydrogens is 258 g/mol. The van der Waals surface area contributed by atoms with Crippen LogP contribution in [0.4, 0.5) is 5.82 Å². The van der Waals surface area contributed by atoms with Crippen LogP contribution < -0.4 is 5.73 Å². The molecule has 0 amide bonds. The van der Waals surface area contributed by atoms with Crippen molar-refractivity contribution >= 4 is 17.6 Å². The van der Waals surface area contributed by atoms with Gasteiger partial charge in [-0.2, -0.15) is 5.10 Å². The summed E-state index contributed by atoms with van der Waals surface area (Å²) in [7, 11) is 0. The van der Waals surface area contributed by atoms with Gasteiger partial charge in [0.2, 0.25) is 0 Å². The molecule has 1 aromatic rings. The molecule has 2 atom stereocenters. The van der Waals surface area contributed by atoms with Crippen LogP contribution in [0.2, 0.25) is 0 Å². The zero-order valence-corrected chi connectivity index (χ0v) is 12.0. The molecule has 20 heavy (non-hydrogen) atoms. The largest absolute Gasteiger partial charge is 0.459 e. The number of ether oxygens (including phenoxy) is 1. The molecule has 0 saturated heterocycles. The number of nitrogen functional groups attached to an aromatic ring is 1. The molecule has 1 heterocycles. The Hall–Kier alpha value is -1.85. The number of fused-ring (bicyclic) bond motifs is 3. The summed E-state index contributed by atoms with van der Waals surface area (Å²) >= 11 is 0. The van der Waals surface area contributed by atoms with E-state index in [-0.39, 0.29) is 24.2 Å². The van der Waals surface area contributed by atoms with Crippen LogP contribution in [0.15, 0.2) is 0 Å². The Labute approximate surface area is 117 Å². The smallest absolute Gasteiger partial charge is 0.328 e. The Kier molecular flexibility index (Phi) is 2.68. The normalized spacial score (nSPS) is 24.1. The van der Waals surface area contributed by atoms with E-state index in [2.05, 4.69) is 5.10 Å². The van der Waals surface area contributed by atoms with Crippen LogP contribution >= 0.6 is 0 Å². The molecule has 1 fully saturated rings. The van der Waals surface area contributed by atoms with Gasteiger partial charge in [-0.3, -0.25) is 9.59 Å². The van der Waals surface area contributed by atoms with Crippen molar-refractivity contribution in [2.75, 3.05) is 5.73 Å². The number of ketones is 1. The predicted octanol–water partition coefficient (Wildman–Crippen LogP) is 1.50. The zero-order chi connectivity index (χ0) is 14.7. The third kappa shape index (κ3) is 1.90. The summed E-state index contributed by atoms with van der Waals surface area (Å²) in [6.45, 7) is 5.36. The van der Waals surface area contributed by atoms with E-state index >= 15 is 0 Å². The Morgan fingerprint density at radius 2 is 2.05 bits per heavy atom. The molecular formula is C14H19N3O3. The molecule has 0 aromatic carbocycles. The number of rotatable bonds is 2. The van der Waals surface area contributed by atoms with Gasteiger partial charge in [0.25, 0.3) is 0 Å². The second-order valence-electron chi connectivity index (χ2n) is 6.55. The van der Waals surface area contributed by atoms with E-state index in [1.54, 1.807) is 20.8 Å². The molecule has 2 N–H and O–H groups in total. The van der Waals surface area contributed by atoms with Gasteiger partial charge in [-0.1, -0.05) is 0 Å². The van der Waals surface area contributed by atoms with Crippen LogP contribution in [0, 0.1) is 5.92 Å². The fourth-order valence-corrected chi connectivity index (χ4v) is 2.99. The first-order chi connectivity index (χ1) is 9.28. The third-order valence-electron chi connectivity index (χ3n) is 3.94. The van der Waals surface area contributed by atoms with E-state index in [1.165, 1.54) is 4.68 Å². The van der Waals surface area contributed by atoms with Crippen LogP contribution in [0.1, 0.15) is 55.6 Å². The minimum absolute atomic E-state index is 0.0548. The number of nitrogens with zero attached hydrogens (tertiary/aromatic N) is 2. The lowest BCUT2D eigenvalue weighted by Crippen LogP contribution is -2.28. The van der Waals surface area contributed by atoms with Crippen molar-refractivity contribution in [1.82, 2.24) is 9.78 Å². The van der Waals surface area contributed by atoms with Crippen LogP contribution in [-0.2, 0) is 16.1 Å². The highest BCUT2D eigenvalue weighted by Gasteiger charge is 2.49. The highest BCUT2D eigenvalue weighted by molar-refractivity contribution is 6.03. The number of Topliss-reactive ketones (excluding diaryl/α,β-unsaturated/α-hetero) is 1. The number of anilines is 1. The summed E-state index contributed by atoms with van der Waals surface area (Å²) in [6.07, 6.45) is 1.90.